The fourth-order valence-electron chi connectivity index (χ4n) is 4.36. The molecule has 1 aliphatic rings. The lowest BCUT2D eigenvalue weighted by Crippen LogP contribution is -2.23. The van der Waals surface area contributed by atoms with E-state index in [2.05, 4.69) is 36.5 Å². The highest BCUT2D eigenvalue weighted by atomic mass is 32.1. The Kier molecular flexibility index (Phi) is 5.12. The van der Waals surface area contributed by atoms with Gasteiger partial charge in [-0.25, -0.2) is 10.4 Å². The van der Waals surface area contributed by atoms with Gasteiger partial charge >= 0.3 is 0 Å². The van der Waals surface area contributed by atoms with Gasteiger partial charge in [0.2, 0.25) is 0 Å². The van der Waals surface area contributed by atoms with Gasteiger partial charge in [-0.1, -0.05) is 35.9 Å². The average Bonchev–Trinajstić information content (AvgIpc) is 3.32. The summed E-state index contributed by atoms with van der Waals surface area (Å²) in [7, 11) is 0. The third-order valence-electron chi connectivity index (χ3n) is 5.80. The third-order valence-corrected chi connectivity index (χ3v) is 6.69. The Balaban J connectivity index is 1.52. The highest BCUT2D eigenvalue weighted by Crippen LogP contribution is 2.29. The quantitative estimate of drug-likeness (QED) is 0.406. The lowest BCUT2D eigenvalue weighted by molar-refractivity contribution is 0.0956. The molecular formula is C26H23N3OS. The molecule has 2 aromatic heterocycles. The maximum atomic E-state index is 13.2. The third kappa shape index (κ3) is 3.77. The van der Waals surface area contributed by atoms with Gasteiger partial charge in [-0.2, -0.15) is 5.10 Å². The van der Waals surface area contributed by atoms with E-state index in [0.717, 1.165) is 46.4 Å². The molecule has 0 radical (unpaired) electrons. The lowest BCUT2D eigenvalue weighted by atomic mass is 9.86. The molecule has 5 rings (SSSR count). The van der Waals surface area contributed by atoms with Crippen LogP contribution >= 0.6 is 11.3 Å². The lowest BCUT2D eigenvalue weighted by Gasteiger charge is -2.20. The number of carbonyl (C=O) groups excluding carboxylic acids is 1. The number of aromatic nitrogens is 1. The zero-order chi connectivity index (χ0) is 21.4. The number of nitrogens with zero attached hydrogens (tertiary/aromatic N) is 2. The molecular weight excluding hydrogens is 402 g/mol. The number of amides is 1. The minimum Gasteiger partial charge on any atom is -0.267 e. The van der Waals surface area contributed by atoms with Gasteiger partial charge in [-0.05, 0) is 73.9 Å². The molecule has 0 saturated heterocycles. The second kappa shape index (κ2) is 8.08. The van der Waals surface area contributed by atoms with Crippen LogP contribution in [0, 0.1) is 13.8 Å². The van der Waals surface area contributed by atoms with E-state index in [1.807, 2.05) is 47.8 Å². The fraction of sp³-hybridized carbons (Fsp3) is 0.192. The number of nitrogens with one attached hydrogen (secondary N) is 1. The number of hydrogen-bond donors (Lipinski definition) is 1. The SMILES string of the molecule is Cc1cc(C)c2c(c1)/C(=N\NC(=O)c1cc(-c3cccs3)nc3ccccc13)CCC2. The van der Waals surface area contributed by atoms with Crippen molar-refractivity contribution in [3.8, 4) is 10.6 Å². The molecule has 1 amide bonds. The van der Waals surface area contributed by atoms with Gasteiger partial charge in [0.05, 0.1) is 27.4 Å². The molecule has 4 aromatic rings. The van der Waals surface area contributed by atoms with Crippen LogP contribution in [-0.4, -0.2) is 16.6 Å². The molecule has 0 saturated carbocycles. The summed E-state index contributed by atoms with van der Waals surface area (Å²) in [5.74, 6) is -0.208. The number of para-hydroxylation sites is 1. The number of fused-ring (bicyclic) bond motifs is 2. The molecule has 0 bridgehead atoms. The van der Waals surface area contributed by atoms with E-state index in [4.69, 9.17) is 4.98 Å². The second-order valence-electron chi connectivity index (χ2n) is 8.01. The summed E-state index contributed by atoms with van der Waals surface area (Å²) in [5, 5.41) is 7.43. The standard InChI is InChI=1S/C26H23N3OS/c1-16-13-17(2)18-8-5-10-23(20(18)14-16)28-29-26(30)21-15-24(25-11-6-12-31-25)27-22-9-4-3-7-19(21)22/h3-4,6-7,9,11-15H,5,8,10H2,1-2H3,(H,29,30)/b28-23-. The van der Waals surface area contributed by atoms with Crippen molar-refractivity contribution in [2.24, 2.45) is 5.10 Å². The normalized spacial score (nSPS) is 14.6. The van der Waals surface area contributed by atoms with Gasteiger partial charge in [-0.3, -0.25) is 4.79 Å². The zero-order valence-electron chi connectivity index (χ0n) is 17.6. The summed E-state index contributed by atoms with van der Waals surface area (Å²) in [6, 6.07) is 18.0. The van der Waals surface area contributed by atoms with Crippen LogP contribution in [-0.2, 0) is 6.42 Å². The van der Waals surface area contributed by atoms with Crippen molar-refractivity contribution in [3.05, 3.63) is 87.8 Å². The summed E-state index contributed by atoms with van der Waals surface area (Å²) in [6.45, 7) is 4.26. The van der Waals surface area contributed by atoms with E-state index in [-0.39, 0.29) is 5.91 Å². The Morgan fingerprint density at radius 2 is 1.94 bits per heavy atom. The summed E-state index contributed by atoms with van der Waals surface area (Å²) in [6.07, 6.45) is 2.98. The van der Waals surface area contributed by atoms with Crippen molar-refractivity contribution in [2.45, 2.75) is 33.1 Å². The summed E-state index contributed by atoms with van der Waals surface area (Å²) < 4.78 is 0. The molecule has 2 heterocycles. The topological polar surface area (TPSA) is 54.4 Å². The van der Waals surface area contributed by atoms with Crippen LogP contribution in [0.1, 0.15) is 45.5 Å². The van der Waals surface area contributed by atoms with Gasteiger partial charge in [0.15, 0.2) is 0 Å². The van der Waals surface area contributed by atoms with E-state index in [1.165, 1.54) is 22.3 Å². The van der Waals surface area contributed by atoms with Crippen LogP contribution in [0.15, 0.2) is 65.1 Å². The van der Waals surface area contributed by atoms with Gasteiger partial charge < -0.3 is 0 Å². The van der Waals surface area contributed by atoms with Crippen LogP contribution < -0.4 is 5.43 Å². The summed E-state index contributed by atoms with van der Waals surface area (Å²) >= 11 is 1.61. The maximum Gasteiger partial charge on any atom is 0.272 e. The number of thiophene rings is 1. The van der Waals surface area contributed by atoms with Crippen molar-refractivity contribution in [1.29, 1.82) is 0 Å². The molecule has 1 N–H and O–H groups in total. The highest BCUT2D eigenvalue weighted by molar-refractivity contribution is 7.13. The van der Waals surface area contributed by atoms with E-state index >= 15 is 0 Å². The molecule has 31 heavy (non-hydrogen) atoms. The van der Waals surface area contributed by atoms with E-state index in [1.54, 1.807) is 11.3 Å². The van der Waals surface area contributed by atoms with Gasteiger partial charge in [-0.15, -0.1) is 11.3 Å². The van der Waals surface area contributed by atoms with E-state index in [0.29, 0.717) is 5.56 Å². The summed E-state index contributed by atoms with van der Waals surface area (Å²) in [4.78, 5) is 19.0. The Labute approximate surface area is 185 Å². The molecule has 0 spiro atoms. The number of rotatable bonds is 3. The highest BCUT2D eigenvalue weighted by Gasteiger charge is 2.19. The molecule has 154 valence electrons. The van der Waals surface area contributed by atoms with Crippen LogP contribution in [0.25, 0.3) is 21.5 Å². The zero-order valence-corrected chi connectivity index (χ0v) is 18.4. The number of hydrogen-bond acceptors (Lipinski definition) is 4. The Bertz CT molecular complexity index is 1320. The Hall–Kier alpha value is -3.31. The van der Waals surface area contributed by atoms with Crippen molar-refractivity contribution in [1.82, 2.24) is 10.4 Å². The minimum absolute atomic E-state index is 0.208. The Morgan fingerprint density at radius 3 is 2.77 bits per heavy atom. The average molecular weight is 426 g/mol. The largest absolute Gasteiger partial charge is 0.272 e. The molecule has 1 aliphatic carbocycles. The summed E-state index contributed by atoms with van der Waals surface area (Å²) in [5.41, 5.74) is 11.0. The van der Waals surface area contributed by atoms with Crippen molar-refractivity contribution in [2.75, 3.05) is 0 Å². The van der Waals surface area contributed by atoms with Gasteiger partial charge in [0, 0.05) is 10.9 Å². The van der Waals surface area contributed by atoms with Crippen molar-refractivity contribution >= 4 is 33.9 Å². The second-order valence-corrected chi connectivity index (χ2v) is 8.96. The number of hydrazone groups is 1. The molecule has 0 aliphatic heterocycles. The molecule has 0 unspecified atom stereocenters. The number of aryl methyl sites for hydroxylation is 2. The minimum atomic E-state index is -0.208. The number of benzene rings is 2. The van der Waals surface area contributed by atoms with Crippen LogP contribution in [0.2, 0.25) is 0 Å². The molecule has 2 aromatic carbocycles. The van der Waals surface area contributed by atoms with Crippen LogP contribution in [0.5, 0.6) is 0 Å². The first-order chi connectivity index (χ1) is 15.1. The maximum absolute atomic E-state index is 13.2. The van der Waals surface area contributed by atoms with E-state index < -0.39 is 0 Å². The molecule has 4 nitrogen and oxygen atoms in total. The van der Waals surface area contributed by atoms with E-state index in [9.17, 15) is 4.79 Å². The molecule has 0 fully saturated rings. The predicted molar refractivity (Wildman–Crippen MR) is 128 cm³/mol. The number of pyridine rings is 1. The number of carbonyl (C=O) groups is 1. The monoisotopic (exact) mass is 425 g/mol. The first-order valence-electron chi connectivity index (χ1n) is 10.5. The van der Waals surface area contributed by atoms with Gasteiger partial charge in [0.1, 0.15) is 0 Å². The molecule has 5 heteroatoms. The van der Waals surface area contributed by atoms with Gasteiger partial charge in [0.25, 0.3) is 5.91 Å². The fourth-order valence-corrected chi connectivity index (χ4v) is 5.05. The molecule has 0 atom stereocenters. The first-order valence-corrected chi connectivity index (χ1v) is 11.4. The predicted octanol–water partition coefficient (Wildman–Crippen LogP) is 6.05. The van der Waals surface area contributed by atoms with Crippen molar-refractivity contribution < 1.29 is 4.79 Å². The van der Waals surface area contributed by atoms with Crippen LogP contribution in [0.3, 0.4) is 0 Å². The van der Waals surface area contributed by atoms with Crippen molar-refractivity contribution in [3.63, 3.8) is 0 Å². The first kappa shape index (κ1) is 19.6. The van der Waals surface area contributed by atoms with Crippen LogP contribution in [0.4, 0.5) is 0 Å². The smallest absolute Gasteiger partial charge is 0.267 e. The Morgan fingerprint density at radius 1 is 1.06 bits per heavy atom.